The molecule has 110 valence electrons. The maximum atomic E-state index is 12.7. The fourth-order valence-corrected chi connectivity index (χ4v) is 2.65. The highest BCUT2D eigenvalue weighted by atomic mass is 16.5. The van der Waals surface area contributed by atoms with Gasteiger partial charge in [0.1, 0.15) is 11.3 Å². The van der Waals surface area contributed by atoms with E-state index in [0.29, 0.717) is 23.5 Å². The number of nitrogens with two attached hydrogens (primary N) is 1. The summed E-state index contributed by atoms with van der Waals surface area (Å²) in [7, 11) is 3.23. The molecule has 0 aromatic heterocycles. The summed E-state index contributed by atoms with van der Waals surface area (Å²) in [6.45, 7) is 3.31. The highest BCUT2D eigenvalue weighted by molar-refractivity contribution is 6.02. The number of carbonyl (C=O) groups is 1. The molecule has 1 aromatic rings. The summed E-state index contributed by atoms with van der Waals surface area (Å²) in [6, 6.07) is 5.25. The smallest absolute Gasteiger partial charge is 0.259 e. The van der Waals surface area contributed by atoms with Gasteiger partial charge in [0.25, 0.3) is 5.91 Å². The Bertz CT molecular complexity index is 504. The molecule has 5 heteroatoms. The Morgan fingerprint density at radius 1 is 1.40 bits per heavy atom. The maximum absolute atomic E-state index is 12.7. The lowest BCUT2D eigenvalue weighted by Crippen LogP contribution is -2.49. The quantitative estimate of drug-likeness (QED) is 0.858. The molecule has 1 fully saturated rings. The predicted octanol–water partition coefficient (Wildman–Crippen LogP) is 1.92. The van der Waals surface area contributed by atoms with Crippen LogP contribution in [-0.4, -0.2) is 43.7 Å². The molecule has 1 aliphatic rings. The van der Waals surface area contributed by atoms with Crippen molar-refractivity contribution < 1.29 is 14.3 Å². The molecule has 1 unspecified atom stereocenters. The second-order valence-corrected chi connectivity index (χ2v) is 5.41. The van der Waals surface area contributed by atoms with Crippen molar-refractivity contribution in [3.8, 4) is 5.75 Å². The molecule has 0 aliphatic carbocycles. The van der Waals surface area contributed by atoms with Crippen molar-refractivity contribution in [3.63, 3.8) is 0 Å². The molecule has 1 amide bonds. The first-order valence-corrected chi connectivity index (χ1v) is 6.77. The molecule has 20 heavy (non-hydrogen) atoms. The Morgan fingerprint density at radius 3 is 2.80 bits per heavy atom. The van der Waals surface area contributed by atoms with Crippen molar-refractivity contribution in [1.29, 1.82) is 0 Å². The number of nitrogens with zero attached hydrogens (tertiary/aromatic N) is 1. The zero-order chi connectivity index (χ0) is 14.8. The van der Waals surface area contributed by atoms with Crippen molar-refractivity contribution in [1.82, 2.24) is 4.90 Å². The van der Waals surface area contributed by atoms with Gasteiger partial charge < -0.3 is 20.1 Å². The zero-order valence-electron chi connectivity index (χ0n) is 12.3. The average molecular weight is 278 g/mol. The van der Waals surface area contributed by atoms with E-state index in [4.69, 9.17) is 15.2 Å². The van der Waals surface area contributed by atoms with Crippen LogP contribution >= 0.6 is 0 Å². The topological polar surface area (TPSA) is 64.8 Å². The van der Waals surface area contributed by atoms with Crippen LogP contribution in [-0.2, 0) is 4.74 Å². The van der Waals surface area contributed by atoms with E-state index in [-0.39, 0.29) is 11.5 Å². The third-order valence-electron chi connectivity index (χ3n) is 3.93. The molecule has 2 rings (SSSR count). The number of rotatable bonds is 3. The number of likely N-dealkylation sites (tertiary alicyclic amines) is 1. The molecule has 1 aliphatic heterocycles. The number of piperidine rings is 1. The Balaban J connectivity index is 2.28. The first kappa shape index (κ1) is 14.7. The normalized spacial score (nSPS) is 22.6. The summed E-state index contributed by atoms with van der Waals surface area (Å²) < 4.78 is 10.8. The van der Waals surface area contributed by atoms with Gasteiger partial charge >= 0.3 is 0 Å². The highest BCUT2D eigenvalue weighted by Gasteiger charge is 2.34. The summed E-state index contributed by atoms with van der Waals surface area (Å²) in [5, 5.41) is 0. The van der Waals surface area contributed by atoms with E-state index in [1.807, 2.05) is 6.92 Å². The minimum absolute atomic E-state index is 0.0945. The Morgan fingerprint density at radius 2 is 2.15 bits per heavy atom. The second kappa shape index (κ2) is 5.71. The van der Waals surface area contributed by atoms with Gasteiger partial charge in [-0.3, -0.25) is 4.79 Å². The van der Waals surface area contributed by atoms with Crippen LogP contribution in [0.2, 0.25) is 0 Å². The van der Waals surface area contributed by atoms with Crippen molar-refractivity contribution in [2.24, 2.45) is 0 Å². The summed E-state index contributed by atoms with van der Waals surface area (Å²) in [5.74, 6) is 0.419. The van der Waals surface area contributed by atoms with Crippen LogP contribution in [0.25, 0.3) is 0 Å². The van der Waals surface area contributed by atoms with E-state index in [1.54, 1.807) is 37.3 Å². The molecule has 2 N–H and O–H groups in total. The van der Waals surface area contributed by atoms with E-state index >= 15 is 0 Å². The van der Waals surface area contributed by atoms with Crippen molar-refractivity contribution in [3.05, 3.63) is 23.8 Å². The van der Waals surface area contributed by atoms with Crippen LogP contribution < -0.4 is 10.5 Å². The standard InChI is InChI=1S/C15H22N2O3/c1-15(20-3)8-5-9-17(10-15)14(18)13-11(16)6-4-7-12(13)19-2/h4,6-7H,5,8-10,16H2,1-3H3. The lowest BCUT2D eigenvalue weighted by atomic mass is 9.94. The van der Waals surface area contributed by atoms with Gasteiger partial charge in [-0.1, -0.05) is 6.07 Å². The lowest BCUT2D eigenvalue weighted by Gasteiger charge is -2.39. The van der Waals surface area contributed by atoms with E-state index in [9.17, 15) is 4.79 Å². The molecular formula is C15H22N2O3. The van der Waals surface area contributed by atoms with Gasteiger partial charge in [-0.2, -0.15) is 0 Å². The monoisotopic (exact) mass is 278 g/mol. The van der Waals surface area contributed by atoms with Gasteiger partial charge in [-0.05, 0) is 31.9 Å². The number of benzene rings is 1. The number of carbonyl (C=O) groups excluding carboxylic acids is 1. The molecule has 1 aromatic carbocycles. The number of methoxy groups -OCH3 is 2. The van der Waals surface area contributed by atoms with Crippen LogP contribution in [0.4, 0.5) is 5.69 Å². The van der Waals surface area contributed by atoms with Gasteiger partial charge in [-0.25, -0.2) is 0 Å². The third-order valence-corrected chi connectivity index (χ3v) is 3.93. The minimum Gasteiger partial charge on any atom is -0.496 e. The van der Waals surface area contributed by atoms with Crippen molar-refractivity contribution in [2.75, 3.05) is 33.0 Å². The third kappa shape index (κ3) is 2.72. The Kier molecular flexibility index (Phi) is 4.18. The summed E-state index contributed by atoms with van der Waals surface area (Å²) in [4.78, 5) is 14.5. The molecule has 0 spiro atoms. The van der Waals surface area contributed by atoms with Crippen LogP contribution in [0.3, 0.4) is 0 Å². The number of amides is 1. The lowest BCUT2D eigenvalue weighted by molar-refractivity contribution is -0.0440. The zero-order valence-corrected chi connectivity index (χ0v) is 12.3. The van der Waals surface area contributed by atoms with Crippen LogP contribution in [0, 0.1) is 0 Å². The molecule has 0 bridgehead atoms. The summed E-state index contributed by atoms with van der Waals surface area (Å²) in [6.07, 6.45) is 1.87. The summed E-state index contributed by atoms with van der Waals surface area (Å²) in [5.41, 5.74) is 6.54. The number of anilines is 1. The Hall–Kier alpha value is -1.75. The van der Waals surface area contributed by atoms with E-state index in [2.05, 4.69) is 0 Å². The van der Waals surface area contributed by atoms with Gasteiger partial charge in [0.15, 0.2) is 0 Å². The SMILES string of the molecule is COc1cccc(N)c1C(=O)N1CCCC(C)(OC)C1. The van der Waals surface area contributed by atoms with Crippen LogP contribution in [0.5, 0.6) is 5.75 Å². The highest BCUT2D eigenvalue weighted by Crippen LogP contribution is 2.29. The first-order chi connectivity index (χ1) is 9.50. The predicted molar refractivity (Wildman–Crippen MR) is 78.0 cm³/mol. The van der Waals surface area contributed by atoms with Crippen LogP contribution in [0.15, 0.2) is 18.2 Å². The van der Waals surface area contributed by atoms with E-state index < -0.39 is 0 Å². The number of ether oxygens (including phenoxy) is 2. The second-order valence-electron chi connectivity index (χ2n) is 5.41. The van der Waals surface area contributed by atoms with Gasteiger partial charge in [-0.15, -0.1) is 0 Å². The maximum Gasteiger partial charge on any atom is 0.259 e. The van der Waals surface area contributed by atoms with Crippen LogP contribution in [0.1, 0.15) is 30.1 Å². The molecular weight excluding hydrogens is 256 g/mol. The van der Waals surface area contributed by atoms with Gasteiger partial charge in [0.2, 0.25) is 0 Å². The van der Waals surface area contributed by atoms with Gasteiger partial charge in [0, 0.05) is 25.9 Å². The molecule has 0 saturated carbocycles. The summed E-state index contributed by atoms with van der Waals surface area (Å²) >= 11 is 0. The van der Waals surface area contributed by atoms with E-state index in [1.165, 1.54) is 0 Å². The van der Waals surface area contributed by atoms with Gasteiger partial charge in [0.05, 0.1) is 12.7 Å². The first-order valence-electron chi connectivity index (χ1n) is 6.77. The van der Waals surface area contributed by atoms with E-state index in [0.717, 1.165) is 19.4 Å². The Labute approximate surface area is 119 Å². The molecule has 1 saturated heterocycles. The molecule has 1 heterocycles. The van der Waals surface area contributed by atoms with Crippen molar-refractivity contribution >= 4 is 11.6 Å². The fourth-order valence-electron chi connectivity index (χ4n) is 2.65. The number of nitrogen functional groups attached to an aromatic ring is 1. The number of hydrogen-bond acceptors (Lipinski definition) is 4. The molecule has 0 radical (unpaired) electrons. The fraction of sp³-hybridized carbons (Fsp3) is 0.533. The average Bonchev–Trinajstić information content (AvgIpc) is 2.46. The van der Waals surface area contributed by atoms with Crippen molar-refractivity contribution in [2.45, 2.75) is 25.4 Å². The number of hydrogen-bond donors (Lipinski definition) is 1. The minimum atomic E-state index is -0.287. The molecule has 1 atom stereocenters. The molecule has 5 nitrogen and oxygen atoms in total. The largest absolute Gasteiger partial charge is 0.496 e.